The van der Waals surface area contributed by atoms with E-state index in [1.165, 1.54) is 89.3 Å². The number of benzene rings is 7. The van der Waals surface area contributed by atoms with Crippen molar-refractivity contribution in [3.05, 3.63) is 196 Å². The van der Waals surface area contributed by atoms with Gasteiger partial charge in [0.15, 0.2) is 0 Å². The summed E-state index contributed by atoms with van der Waals surface area (Å²) in [4.78, 5) is 2.52. The van der Waals surface area contributed by atoms with E-state index in [4.69, 9.17) is 0 Å². The van der Waals surface area contributed by atoms with Crippen molar-refractivity contribution in [2.75, 3.05) is 4.90 Å². The Morgan fingerprint density at radius 2 is 0.891 bits per heavy atom. The van der Waals surface area contributed by atoms with Crippen LogP contribution in [-0.4, -0.2) is 0 Å². The highest BCUT2D eigenvalue weighted by atomic mass is 15.1. The molecule has 0 saturated carbocycles. The molecule has 1 nitrogen and oxygen atoms in total. The van der Waals surface area contributed by atoms with Gasteiger partial charge in [0.25, 0.3) is 0 Å². The second-order valence-electron chi connectivity index (χ2n) is 18.6. The maximum Gasteiger partial charge on any atom is 0.0726 e. The Morgan fingerprint density at radius 3 is 1.53 bits per heavy atom. The zero-order valence-corrected chi connectivity index (χ0v) is 33.4. The van der Waals surface area contributed by atoms with E-state index in [1.54, 1.807) is 0 Å². The molecule has 7 aromatic carbocycles. The molecule has 0 atom stereocenters. The molecule has 10 rings (SSSR count). The van der Waals surface area contributed by atoms with Crippen molar-refractivity contribution in [1.82, 2.24) is 0 Å². The molecule has 270 valence electrons. The van der Waals surface area contributed by atoms with Crippen molar-refractivity contribution in [2.24, 2.45) is 0 Å². The Kier molecular flexibility index (Phi) is 7.04. The van der Waals surface area contributed by atoms with Gasteiger partial charge in [-0.05, 0) is 113 Å². The van der Waals surface area contributed by atoms with Crippen LogP contribution in [0.5, 0.6) is 0 Å². The molecule has 0 N–H and O–H groups in total. The van der Waals surface area contributed by atoms with Gasteiger partial charge in [-0.3, -0.25) is 0 Å². The molecule has 0 fully saturated rings. The number of fused-ring (bicyclic) bond motifs is 13. The minimum Gasteiger partial charge on any atom is -0.310 e. The first-order valence-electron chi connectivity index (χ1n) is 19.9. The lowest BCUT2D eigenvalue weighted by Gasteiger charge is -2.33. The fourth-order valence-corrected chi connectivity index (χ4v) is 10.2. The molecule has 7 aromatic rings. The Bertz CT molecular complexity index is 2630. The summed E-state index contributed by atoms with van der Waals surface area (Å²) in [6, 6.07) is 58.0. The van der Waals surface area contributed by atoms with Crippen LogP contribution >= 0.6 is 0 Å². The molecular formula is C54H49N. The minimum atomic E-state index is -0.459. The van der Waals surface area contributed by atoms with Crippen LogP contribution in [0, 0.1) is 0 Å². The van der Waals surface area contributed by atoms with Crippen LogP contribution in [0.4, 0.5) is 17.1 Å². The molecule has 0 unspecified atom stereocenters. The normalized spacial score (nSPS) is 15.2. The standard InChI is InChI=1S/C54H49N/c1-51(2,3)34-25-28-40-41-29-26-35(52(4,5)6)32-48(41)54(47(40)31-34)44-22-15-13-20-42(44)50-45(54)23-16-24-49(50)55(36-17-10-9-11-18-36)37-27-30-39-38-19-12-14-21-43(38)53(7,8)46(39)33-37/h9-33H,1-8H3. The Hall–Kier alpha value is -5.66. The molecule has 3 aliphatic rings. The molecule has 0 amide bonds. The Labute approximate surface area is 327 Å². The van der Waals surface area contributed by atoms with Gasteiger partial charge in [0.05, 0.1) is 11.1 Å². The molecule has 0 bridgehead atoms. The van der Waals surface area contributed by atoms with Gasteiger partial charge in [-0.2, -0.15) is 0 Å². The third-order valence-corrected chi connectivity index (χ3v) is 13.0. The smallest absolute Gasteiger partial charge is 0.0726 e. The van der Waals surface area contributed by atoms with Gasteiger partial charge in [0.1, 0.15) is 0 Å². The topological polar surface area (TPSA) is 3.24 Å². The van der Waals surface area contributed by atoms with E-state index in [2.05, 4.69) is 212 Å². The summed E-state index contributed by atoms with van der Waals surface area (Å²) in [6.45, 7) is 18.8. The summed E-state index contributed by atoms with van der Waals surface area (Å²) in [5, 5.41) is 0. The summed E-state index contributed by atoms with van der Waals surface area (Å²) in [7, 11) is 0. The third-order valence-electron chi connectivity index (χ3n) is 13.0. The molecular weight excluding hydrogens is 663 g/mol. The molecule has 0 radical (unpaired) electrons. The van der Waals surface area contributed by atoms with Crippen LogP contribution in [0.25, 0.3) is 33.4 Å². The predicted molar refractivity (Wildman–Crippen MR) is 232 cm³/mol. The van der Waals surface area contributed by atoms with Gasteiger partial charge in [-0.25, -0.2) is 0 Å². The van der Waals surface area contributed by atoms with Gasteiger partial charge in [0, 0.05) is 22.4 Å². The van der Waals surface area contributed by atoms with E-state index in [0.29, 0.717) is 0 Å². The molecule has 1 spiro atoms. The van der Waals surface area contributed by atoms with Crippen LogP contribution in [-0.2, 0) is 21.7 Å². The van der Waals surface area contributed by atoms with Crippen LogP contribution in [0.3, 0.4) is 0 Å². The van der Waals surface area contributed by atoms with Crippen molar-refractivity contribution in [1.29, 1.82) is 0 Å². The van der Waals surface area contributed by atoms with Crippen molar-refractivity contribution in [3.63, 3.8) is 0 Å². The van der Waals surface area contributed by atoms with Crippen LogP contribution in [0.15, 0.2) is 152 Å². The zero-order chi connectivity index (χ0) is 38.1. The first-order chi connectivity index (χ1) is 26.3. The van der Waals surface area contributed by atoms with E-state index in [-0.39, 0.29) is 16.2 Å². The molecule has 0 saturated heterocycles. The van der Waals surface area contributed by atoms with Crippen molar-refractivity contribution >= 4 is 17.1 Å². The van der Waals surface area contributed by atoms with E-state index in [0.717, 1.165) is 5.69 Å². The third kappa shape index (κ3) is 4.65. The predicted octanol–water partition coefficient (Wildman–Crippen LogP) is 14.4. The summed E-state index contributed by atoms with van der Waals surface area (Å²) >= 11 is 0. The summed E-state index contributed by atoms with van der Waals surface area (Å²) in [5.41, 5.74) is 22.0. The van der Waals surface area contributed by atoms with Crippen LogP contribution in [0.1, 0.15) is 99.9 Å². The van der Waals surface area contributed by atoms with E-state index >= 15 is 0 Å². The maximum atomic E-state index is 2.54. The zero-order valence-electron chi connectivity index (χ0n) is 33.4. The monoisotopic (exact) mass is 711 g/mol. The Balaban J connectivity index is 1.29. The molecule has 0 aromatic heterocycles. The fourth-order valence-electron chi connectivity index (χ4n) is 10.2. The molecule has 3 aliphatic carbocycles. The number of hydrogen-bond donors (Lipinski definition) is 0. The average molecular weight is 712 g/mol. The highest BCUT2D eigenvalue weighted by molar-refractivity contribution is 6.01. The number of rotatable bonds is 3. The number of anilines is 3. The number of hydrogen-bond acceptors (Lipinski definition) is 1. The van der Waals surface area contributed by atoms with Gasteiger partial charge in [-0.1, -0.05) is 177 Å². The average Bonchev–Trinajstić information content (AvgIpc) is 3.73. The second kappa shape index (κ2) is 11.4. The second-order valence-corrected chi connectivity index (χ2v) is 18.6. The van der Waals surface area contributed by atoms with E-state index in [9.17, 15) is 0 Å². The highest BCUT2D eigenvalue weighted by Gasteiger charge is 2.53. The first kappa shape index (κ1) is 33.9. The molecule has 1 heteroatoms. The number of para-hydroxylation sites is 1. The summed E-state index contributed by atoms with van der Waals surface area (Å²) in [5.74, 6) is 0. The van der Waals surface area contributed by atoms with Gasteiger partial charge in [0.2, 0.25) is 0 Å². The lowest BCUT2D eigenvalue weighted by atomic mass is 9.69. The SMILES string of the molecule is CC(C)(C)c1ccc2c(c1)C1(c3cc(C(C)(C)C)ccc3-2)c2ccccc2-c2c(N(c3ccccc3)c3ccc4c(c3)C(C)(C)c3ccccc3-4)cccc21. The molecule has 55 heavy (non-hydrogen) atoms. The summed E-state index contributed by atoms with van der Waals surface area (Å²) < 4.78 is 0. The van der Waals surface area contributed by atoms with Gasteiger partial charge < -0.3 is 4.90 Å². The van der Waals surface area contributed by atoms with Gasteiger partial charge in [-0.15, -0.1) is 0 Å². The van der Waals surface area contributed by atoms with Crippen molar-refractivity contribution in [2.45, 2.75) is 77.0 Å². The van der Waals surface area contributed by atoms with Crippen molar-refractivity contribution in [3.8, 4) is 33.4 Å². The fraction of sp³-hybridized carbons (Fsp3) is 0.222. The highest BCUT2D eigenvalue weighted by Crippen LogP contribution is 2.65. The minimum absolute atomic E-state index is 0.00940. The quantitative estimate of drug-likeness (QED) is 0.176. The van der Waals surface area contributed by atoms with E-state index in [1.807, 2.05) is 0 Å². The lowest BCUT2D eigenvalue weighted by molar-refractivity contribution is 0.586. The largest absolute Gasteiger partial charge is 0.310 e. The summed E-state index contributed by atoms with van der Waals surface area (Å²) in [6.07, 6.45) is 0. The lowest BCUT2D eigenvalue weighted by Crippen LogP contribution is -2.27. The maximum absolute atomic E-state index is 2.54. The first-order valence-corrected chi connectivity index (χ1v) is 19.9. The van der Waals surface area contributed by atoms with E-state index < -0.39 is 5.41 Å². The molecule has 0 aliphatic heterocycles. The Morgan fingerprint density at radius 1 is 0.382 bits per heavy atom. The van der Waals surface area contributed by atoms with Crippen LogP contribution in [0.2, 0.25) is 0 Å². The van der Waals surface area contributed by atoms with Gasteiger partial charge >= 0.3 is 0 Å². The molecule has 0 heterocycles. The van der Waals surface area contributed by atoms with Crippen LogP contribution < -0.4 is 4.90 Å². The van der Waals surface area contributed by atoms with Crippen molar-refractivity contribution < 1.29 is 0 Å². The number of nitrogens with zero attached hydrogens (tertiary/aromatic N) is 1.